The molecule has 1 aliphatic carbocycles. The van der Waals surface area contributed by atoms with Gasteiger partial charge in [0.15, 0.2) is 0 Å². The zero-order chi connectivity index (χ0) is 18.0. The van der Waals surface area contributed by atoms with Crippen LogP contribution in [-0.2, 0) is 0 Å². The summed E-state index contributed by atoms with van der Waals surface area (Å²) in [6.07, 6.45) is 7.23. The molecule has 1 unspecified atom stereocenters. The number of hydrogen-bond donors (Lipinski definition) is 1. The van der Waals surface area contributed by atoms with Crippen LogP contribution in [0.1, 0.15) is 71.1 Å². The predicted molar refractivity (Wildman–Crippen MR) is 100 cm³/mol. The van der Waals surface area contributed by atoms with Crippen LogP contribution in [0.15, 0.2) is 41.5 Å². The Morgan fingerprint density at radius 1 is 1.29 bits per heavy atom. The fourth-order valence-electron chi connectivity index (χ4n) is 3.50. The third-order valence-electron chi connectivity index (χ3n) is 5.18. The molecule has 1 atom stereocenters. The van der Waals surface area contributed by atoms with Crippen LogP contribution in [0.5, 0.6) is 0 Å². The number of nitrogens with zero attached hydrogens (tertiary/aromatic N) is 1. The van der Waals surface area contributed by atoms with Gasteiger partial charge in [0.05, 0.1) is 17.6 Å². The average molecular weight is 323 g/mol. The highest BCUT2D eigenvalue weighted by molar-refractivity contribution is 5.56. The van der Waals surface area contributed by atoms with Crippen molar-refractivity contribution < 1.29 is 5.11 Å². The van der Waals surface area contributed by atoms with Gasteiger partial charge in [0.2, 0.25) is 0 Å². The molecule has 2 heteroatoms. The van der Waals surface area contributed by atoms with Gasteiger partial charge in [0.1, 0.15) is 0 Å². The number of rotatable bonds is 4. The van der Waals surface area contributed by atoms with E-state index >= 15 is 0 Å². The molecule has 0 aliphatic heterocycles. The van der Waals surface area contributed by atoms with Gasteiger partial charge in [-0.15, -0.1) is 0 Å². The Labute approximate surface area is 146 Å². The van der Waals surface area contributed by atoms with Gasteiger partial charge in [-0.2, -0.15) is 5.26 Å². The lowest BCUT2D eigenvalue weighted by Gasteiger charge is -2.33. The topological polar surface area (TPSA) is 44.0 Å². The number of aliphatic hydroxyl groups excluding tert-OH is 1. The molecule has 0 saturated heterocycles. The standard InChI is InChI=1S/C22H29NO/c1-16-8-7-13-21(2,3)19(16)12-11-17-9-6-10-18(14-17)20(24)22(4,5)15-23/h6,9-12,14,20,24H,7-8,13H2,1-5H3/b12-11+. The number of nitriles is 1. The smallest absolute Gasteiger partial charge is 0.0971 e. The molecule has 0 fully saturated rings. The van der Waals surface area contributed by atoms with E-state index in [1.54, 1.807) is 13.8 Å². The van der Waals surface area contributed by atoms with Crippen molar-refractivity contribution in [2.75, 3.05) is 0 Å². The van der Waals surface area contributed by atoms with Crippen LogP contribution in [0.2, 0.25) is 0 Å². The highest BCUT2D eigenvalue weighted by Gasteiger charge is 2.29. The molecular formula is C22H29NO. The maximum Gasteiger partial charge on any atom is 0.0971 e. The minimum absolute atomic E-state index is 0.221. The normalized spacial score (nSPS) is 19.4. The van der Waals surface area contributed by atoms with Gasteiger partial charge < -0.3 is 5.11 Å². The molecule has 0 aromatic heterocycles. The summed E-state index contributed by atoms with van der Waals surface area (Å²) in [5.74, 6) is 0. The van der Waals surface area contributed by atoms with Gasteiger partial charge in [-0.05, 0) is 68.2 Å². The lowest BCUT2D eigenvalue weighted by atomic mass is 9.72. The van der Waals surface area contributed by atoms with E-state index in [1.807, 2.05) is 24.3 Å². The molecule has 128 valence electrons. The monoisotopic (exact) mass is 323 g/mol. The summed E-state index contributed by atoms with van der Waals surface area (Å²) in [6.45, 7) is 10.4. The first-order valence-electron chi connectivity index (χ1n) is 8.75. The van der Waals surface area contributed by atoms with Crippen molar-refractivity contribution in [3.8, 4) is 6.07 Å². The van der Waals surface area contributed by atoms with E-state index in [0.717, 1.165) is 11.1 Å². The van der Waals surface area contributed by atoms with Crippen molar-refractivity contribution in [3.63, 3.8) is 0 Å². The van der Waals surface area contributed by atoms with Crippen LogP contribution in [0, 0.1) is 22.2 Å². The summed E-state index contributed by atoms with van der Waals surface area (Å²) in [4.78, 5) is 0. The molecule has 2 nitrogen and oxygen atoms in total. The summed E-state index contributed by atoms with van der Waals surface area (Å²) < 4.78 is 0. The minimum atomic E-state index is -0.799. The molecule has 0 spiro atoms. The highest BCUT2D eigenvalue weighted by Crippen LogP contribution is 2.41. The molecule has 1 N–H and O–H groups in total. The fraction of sp³-hybridized carbons (Fsp3) is 0.500. The zero-order valence-electron chi connectivity index (χ0n) is 15.6. The zero-order valence-corrected chi connectivity index (χ0v) is 15.6. The maximum atomic E-state index is 10.5. The van der Waals surface area contributed by atoms with Crippen molar-refractivity contribution in [2.24, 2.45) is 10.8 Å². The minimum Gasteiger partial charge on any atom is -0.387 e. The molecule has 0 saturated carbocycles. The first-order valence-corrected chi connectivity index (χ1v) is 8.75. The van der Waals surface area contributed by atoms with E-state index in [-0.39, 0.29) is 5.41 Å². The summed E-state index contributed by atoms with van der Waals surface area (Å²) in [5, 5.41) is 19.7. The molecule has 0 heterocycles. The maximum absolute atomic E-state index is 10.5. The fourth-order valence-corrected chi connectivity index (χ4v) is 3.50. The van der Waals surface area contributed by atoms with Crippen LogP contribution in [-0.4, -0.2) is 5.11 Å². The van der Waals surface area contributed by atoms with Crippen molar-refractivity contribution in [3.05, 3.63) is 52.6 Å². The van der Waals surface area contributed by atoms with Crippen LogP contribution in [0.25, 0.3) is 6.08 Å². The van der Waals surface area contributed by atoms with Gasteiger partial charge in [0.25, 0.3) is 0 Å². The Balaban J connectivity index is 2.29. The van der Waals surface area contributed by atoms with Gasteiger partial charge in [0, 0.05) is 0 Å². The summed E-state index contributed by atoms with van der Waals surface area (Å²) in [6, 6.07) is 10.0. The molecule has 0 amide bonds. The van der Waals surface area contributed by atoms with Crippen molar-refractivity contribution in [2.45, 2.75) is 60.0 Å². The van der Waals surface area contributed by atoms with Crippen molar-refractivity contribution in [1.82, 2.24) is 0 Å². The largest absolute Gasteiger partial charge is 0.387 e. The summed E-state index contributed by atoms with van der Waals surface area (Å²) in [7, 11) is 0. The van der Waals surface area contributed by atoms with Crippen LogP contribution in [0.4, 0.5) is 0 Å². The number of allylic oxidation sites excluding steroid dienone is 3. The average Bonchev–Trinajstić information content (AvgIpc) is 2.53. The van der Waals surface area contributed by atoms with Crippen LogP contribution < -0.4 is 0 Å². The Morgan fingerprint density at radius 2 is 2.00 bits per heavy atom. The Morgan fingerprint density at radius 3 is 2.62 bits per heavy atom. The Hall–Kier alpha value is -1.85. The third-order valence-corrected chi connectivity index (χ3v) is 5.18. The molecule has 2 rings (SSSR count). The lowest BCUT2D eigenvalue weighted by molar-refractivity contribution is 0.0868. The number of hydrogen-bond acceptors (Lipinski definition) is 2. The Bertz CT molecular complexity index is 701. The van der Waals surface area contributed by atoms with E-state index in [4.69, 9.17) is 0 Å². The first-order chi connectivity index (χ1) is 11.2. The quantitative estimate of drug-likeness (QED) is 0.760. The summed E-state index contributed by atoms with van der Waals surface area (Å²) >= 11 is 0. The first kappa shape index (κ1) is 18.5. The predicted octanol–water partition coefficient (Wildman–Crippen LogP) is 5.81. The molecule has 24 heavy (non-hydrogen) atoms. The lowest BCUT2D eigenvalue weighted by Crippen LogP contribution is -2.19. The van der Waals surface area contributed by atoms with E-state index in [9.17, 15) is 10.4 Å². The van der Waals surface area contributed by atoms with E-state index in [2.05, 4.69) is 39.0 Å². The molecule has 0 bridgehead atoms. The molecule has 1 aliphatic rings. The number of benzene rings is 1. The second-order valence-electron chi connectivity index (χ2n) is 8.17. The summed E-state index contributed by atoms with van der Waals surface area (Å²) in [5.41, 5.74) is 4.17. The second-order valence-corrected chi connectivity index (χ2v) is 8.17. The Kier molecular flexibility index (Phi) is 5.35. The van der Waals surface area contributed by atoms with Gasteiger partial charge in [-0.25, -0.2) is 0 Å². The van der Waals surface area contributed by atoms with Crippen LogP contribution >= 0.6 is 0 Å². The highest BCUT2D eigenvalue weighted by atomic mass is 16.3. The molecular weight excluding hydrogens is 294 g/mol. The molecule has 0 radical (unpaired) electrons. The van der Waals surface area contributed by atoms with Gasteiger partial charge in [-0.1, -0.05) is 49.8 Å². The van der Waals surface area contributed by atoms with Crippen molar-refractivity contribution in [1.29, 1.82) is 5.26 Å². The van der Waals surface area contributed by atoms with Gasteiger partial charge >= 0.3 is 0 Å². The van der Waals surface area contributed by atoms with Crippen LogP contribution in [0.3, 0.4) is 0 Å². The number of aliphatic hydroxyl groups is 1. The van der Waals surface area contributed by atoms with E-state index in [1.165, 1.54) is 30.4 Å². The SMILES string of the molecule is CC1=C(/C=C/c2cccc(C(O)C(C)(C)C#N)c2)C(C)(C)CCC1. The molecule has 1 aromatic carbocycles. The molecule has 1 aromatic rings. The van der Waals surface area contributed by atoms with E-state index in [0.29, 0.717) is 0 Å². The van der Waals surface area contributed by atoms with Crippen molar-refractivity contribution >= 4 is 6.08 Å². The van der Waals surface area contributed by atoms with E-state index < -0.39 is 11.5 Å². The second kappa shape index (κ2) is 6.95. The van der Waals surface area contributed by atoms with Gasteiger partial charge in [-0.3, -0.25) is 0 Å². The third kappa shape index (κ3) is 3.97.